The van der Waals surface area contributed by atoms with E-state index in [4.69, 9.17) is 9.47 Å². The Balaban J connectivity index is 0.000000176. The Morgan fingerprint density at radius 2 is 1.04 bits per heavy atom. The molecule has 8 aromatic rings. The van der Waals surface area contributed by atoms with Crippen molar-refractivity contribution in [2.45, 2.75) is 137 Å². The van der Waals surface area contributed by atoms with Gasteiger partial charge in [0, 0.05) is 74.4 Å². The van der Waals surface area contributed by atoms with Crippen molar-refractivity contribution in [2.75, 3.05) is 19.8 Å². The minimum atomic E-state index is -0.857. The third-order valence-electron chi connectivity index (χ3n) is 15.8. The Morgan fingerprint density at radius 3 is 1.43 bits per heavy atom. The van der Waals surface area contributed by atoms with Crippen molar-refractivity contribution in [3.8, 4) is 0 Å². The topological polar surface area (TPSA) is 175 Å². The van der Waals surface area contributed by atoms with Gasteiger partial charge in [-0.2, -0.15) is 0 Å². The molecule has 79 heavy (non-hydrogen) atoms. The summed E-state index contributed by atoms with van der Waals surface area (Å²) < 4.78 is 14.0. The highest BCUT2D eigenvalue weighted by Crippen LogP contribution is 2.38. The van der Waals surface area contributed by atoms with Crippen LogP contribution in [0.15, 0.2) is 121 Å². The maximum Gasteiger partial charge on any atom is 0.306 e. The molecule has 3 aliphatic rings. The monoisotopic (exact) mass is 1060 g/mol. The number of hydrogen-bond acceptors (Lipinski definition) is 10. The van der Waals surface area contributed by atoms with Crippen molar-refractivity contribution in [1.29, 1.82) is 0 Å². The first kappa shape index (κ1) is 55.7. The number of fused-ring (bicyclic) bond motifs is 4. The van der Waals surface area contributed by atoms with Crippen molar-refractivity contribution in [1.82, 2.24) is 39.8 Å². The third-order valence-corrected chi connectivity index (χ3v) is 15.8. The van der Waals surface area contributed by atoms with Crippen LogP contribution < -0.4 is 0 Å². The molecule has 11 rings (SSSR count). The van der Waals surface area contributed by atoms with E-state index in [-0.39, 0.29) is 54.5 Å². The average Bonchev–Trinajstić information content (AvgIpc) is 4.37. The number of amides is 2. The number of carbonyl (C=O) groups is 4. The lowest BCUT2D eigenvalue weighted by atomic mass is 9.83. The molecule has 0 spiro atoms. The molecule has 4 unspecified atom stereocenters. The molecule has 1 N–H and O–H groups in total. The molecule has 0 radical (unpaired) electrons. The summed E-state index contributed by atoms with van der Waals surface area (Å²) in [6.07, 6.45) is 4.31. The molecule has 2 amide bonds. The number of aryl methyl sites for hydroxylation is 4. The van der Waals surface area contributed by atoms with E-state index in [9.17, 15) is 24.3 Å². The largest absolute Gasteiger partial charge is 0.481 e. The Hall–Kier alpha value is -8.04. The van der Waals surface area contributed by atoms with Gasteiger partial charge in [-0.25, -0.2) is 9.36 Å². The predicted octanol–water partition coefficient (Wildman–Crippen LogP) is 11.2. The first-order chi connectivity index (χ1) is 38.3. The van der Waals surface area contributed by atoms with Crippen LogP contribution in [0.5, 0.6) is 0 Å². The number of aromatic nitrogens is 6. The SMILES string of the molecule is C1CCOC1.CCOC(=O)CC(c1ccc2c(c1)CN(C(=O)c1ccccc1)C(C)C2)c1ccc2c(nnn2CC)c1C.CCn1nnc2c(C)c(C(CC(=O)O)c3ccc4c(c3)CN(C(=O)c3ccccc3)C(C)C4)ccc21. The minimum Gasteiger partial charge on any atom is -0.481 e. The quantitative estimate of drug-likeness (QED) is 0.109. The summed E-state index contributed by atoms with van der Waals surface area (Å²) in [5.74, 6) is -1.57. The number of carboxylic acids is 1. The van der Waals surface area contributed by atoms with Crippen molar-refractivity contribution in [3.63, 3.8) is 0 Å². The number of rotatable bonds is 13. The van der Waals surface area contributed by atoms with Crippen molar-refractivity contribution >= 4 is 45.8 Å². The zero-order valence-electron chi connectivity index (χ0n) is 46.5. The molecule has 3 aliphatic heterocycles. The number of hydrogen-bond donors (Lipinski definition) is 1. The summed E-state index contributed by atoms with van der Waals surface area (Å²) in [4.78, 5) is 55.1. The summed E-state index contributed by atoms with van der Waals surface area (Å²) in [5, 5.41) is 27.1. The summed E-state index contributed by atoms with van der Waals surface area (Å²) in [5.41, 5.74) is 15.5. The molecule has 2 aromatic heterocycles. The molecule has 15 nitrogen and oxygen atoms in total. The van der Waals surface area contributed by atoms with E-state index in [1.807, 2.05) is 139 Å². The van der Waals surface area contributed by atoms with Crippen LogP contribution in [-0.2, 0) is 58.1 Å². The van der Waals surface area contributed by atoms with E-state index in [2.05, 4.69) is 70.9 Å². The molecule has 410 valence electrons. The number of ether oxygens (including phenoxy) is 2. The molecule has 0 bridgehead atoms. The fourth-order valence-electron chi connectivity index (χ4n) is 11.5. The second-order valence-electron chi connectivity index (χ2n) is 20.9. The van der Waals surface area contributed by atoms with Gasteiger partial charge in [-0.15, -0.1) is 10.2 Å². The minimum absolute atomic E-state index is 0.0153. The molecular weight excluding hydrogens is 993 g/mol. The van der Waals surface area contributed by atoms with Crippen molar-refractivity contribution < 1.29 is 33.8 Å². The van der Waals surface area contributed by atoms with E-state index in [0.717, 1.165) is 106 Å². The summed E-state index contributed by atoms with van der Waals surface area (Å²) in [6, 6.07) is 39.8. The van der Waals surface area contributed by atoms with Crippen LogP contribution in [0.4, 0.5) is 0 Å². The maximum atomic E-state index is 13.3. The fourth-order valence-corrected chi connectivity index (χ4v) is 11.5. The number of carboxylic acid groups (broad SMARTS) is 1. The highest BCUT2D eigenvalue weighted by atomic mass is 16.5. The van der Waals surface area contributed by atoms with Gasteiger partial charge in [0.1, 0.15) is 11.0 Å². The lowest BCUT2D eigenvalue weighted by Gasteiger charge is -2.35. The van der Waals surface area contributed by atoms with Crippen LogP contribution in [-0.4, -0.2) is 101 Å². The number of carbonyl (C=O) groups excluding carboxylic acids is 3. The van der Waals surface area contributed by atoms with Crippen LogP contribution >= 0.6 is 0 Å². The van der Waals surface area contributed by atoms with Gasteiger partial charge in [-0.1, -0.05) is 95.4 Å². The summed E-state index contributed by atoms with van der Waals surface area (Å²) in [6.45, 7) is 18.9. The number of nitrogens with zero attached hydrogens (tertiary/aromatic N) is 8. The van der Waals surface area contributed by atoms with E-state index in [0.29, 0.717) is 30.8 Å². The lowest BCUT2D eigenvalue weighted by Crippen LogP contribution is -2.42. The van der Waals surface area contributed by atoms with Gasteiger partial charge < -0.3 is 24.4 Å². The molecule has 4 atom stereocenters. The van der Waals surface area contributed by atoms with E-state index in [1.54, 1.807) is 0 Å². The van der Waals surface area contributed by atoms with Gasteiger partial charge >= 0.3 is 11.9 Å². The van der Waals surface area contributed by atoms with Gasteiger partial charge in [-0.3, -0.25) is 19.2 Å². The van der Waals surface area contributed by atoms with Gasteiger partial charge in [0.15, 0.2) is 0 Å². The van der Waals surface area contributed by atoms with Crippen LogP contribution in [0, 0.1) is 13.8 Å². The highest BCUT2D eigenvalue weighted by molar-refractivity contribution is 5.95. The maximum absolute atomic E-state index is 13.3. The van der Waals surface area contributed by atoms with Crippen molar-refractivity contribution in [3.05, 3.63) is 188 Å². The Labute approximate surface area is 462 Å². The molecule has 5 heterocycles. The zero-order valence-corrected chi connectivity index (χ0v) is 46.5. The van der Waals surface area contributed by atoms with Gasteiger partial charge in [0.2, 0.25) is 0 Å². The van der Waals surface area contributed by atoms with E-state index < -0.39 is 5.97 Å². The molecule has 1 saturated heterocycles. The smallest absolute Gasteiger partial charge is 0.306 e. The van der Waals surface area contributed by atoms with Gasteiger partial charge in [0.05, 0.1) is 30.5 Å². The Morgan fingerprint density at radius 1 is 0.595 bits per heavy atom. The normalized spacial score (nSPS) is 16.4. The van der Waals surface area contributed by atoms with E-state index >= 15 is 0 Å². The summed E-state index contributed by atoms with van der Waals surface area (Å²) >= 11 is 0. The van der Waals surface area contributed by atoms with Crippen LogP contribution in [0.2, 0.25) is 0 Å². The van der Waals surface area contributed by atoms with Crippen LogP contribution in [0.3, 0.4) is 0 Å². The van der Waals surface area contributed by atoms with Gasteiger partial charge in [0.25, 0.3) is 11.8 Å². The first-order valence-electron chi connectivity index (χ1n) is 27.8. The van der Waals surface area contributed by atoms with Crippen molar-refractivity contribution in [2.24, 2.45) is 0 Å². The average molecular weight is 1070 g/mol. The third kappa shape index (κ3) is 12.3. The van der Waals surface area contributed by atoms with Gasteiger partial charge in [-0.05, 0) is 166 Å². The molecule has 0 aliphatic carbocycles. The molecule has 1 fully saturated rings. The Bertz CT molecular complexity index is 3450. The second-order valence-corrected chi connectivity index (χ2v) is 20.9. The lowest BCUT2D eigenvalue weighted by molar-refractivity contribution is -0.143. The Kier molecular flexibility index (Phi) is 17.8. The van der Waals surface area contributed by atoms with Crippen LogP contribution in [0.1, 0.15) is 148 Å². The number of aliphatic carboxylic acids is 1. The highest BCUT2D eigenvalue weighted by Gasteiger charge is 2.32. The van der Waals surface area contributed by atoms with E-state index in [1.165, 1.54) is 24.0 Å². The molecule has 15 heteroatoms. The first-order valence-corrected chi connectivity index (χ1v) is 27.8. The zero-order chi connectivity index (χ0) is 55.7. The standard InChI is InChI=1S/C31H34N4O3.C29H30N4O3.C4H8O/c1-5-35-28-15-14-26(21(4)30(28)32-33-35)27(18-29(36)38-6-2)24-13-12-23-16-20(3)34(19-25(23)17-24)31(37)22-10-8-7-9-11-22;1-4-33-26-13-12-24(19(3)28(26)30-31-33)25(16-27(34)35)22-11-10-21-14-18(2)32(17-23(21)15-22)29(36)20-8-6-5-7-9-20;1-2-4-5-3-1/h7-15,17,20,27H,5-6,16,18-19H2,1-4H3;5-13,15,18,25H,4,14,16-17H2,1-3H3,(H,34,35);1-4H2. The predicted molar refractivity (Wildman–Crippen MR) is 305 cm³/mol. The molecule has 6 aromatic carbocycles. The fraction of sp³-hybridized carbons (Fsp3) is 0.375. The number of benzene rings is 6. The summed E-state index contributed by atoms with van der Waals surface area (Å²) in [7, 11) is 0. The molecular formula is C64H72N8O7. The van der Waals surface area contributed by atoms with Crippen LogP contribution in [0.25, 0.3) is 22.1 Å². The number of esters is 1. The second kappa shape index (κ2) is 25.2. The molecule has 0 saturated carbocycles.